The van der Waals surface area contributed by atoms with Gasteiger partial charge in [0.05, 0.1) is 30.2 Å². The first kappa shape index (κ1) is 132. The number of nitrogens with two attached hydrogens (primary N) is 16. The monoisotopic (exact) mass is 2050 g/mol. The van der Waals surface area contributed by atoms with Crippen LogP contribution in [0.5, 0.6) is 0 Å². The fourth-order valence-electron chi connectivity index (χ4n) is 16.6. The number of likely N-dealkylation sites (tertiary alicyclic amines) is 1. The van der Waals surface area contributed by atoms with E-state index in [4.69, 9.17) is 91.7 Å². The molecule has 824 valence electrons. The van der Waals surface area contributed by atoms with E-state index in [-0.39, 0.29) is 240 Å². The summed E-state index contributed by atoms with van der Waals surface area (Å²) in [6.07, 6.45) is 15.2. The molecule has 48 heteroatoms. The van der Waals surface area contributed by atoms with E-state index in [9.17, 15) is 91.1 Å². The van der Waals surface area contributed by atoms with Crippen LogP contribution in [0.15, 0.2) is 25.0 Å². The molecule has 0 bridgehead atoms. The van der Waals surface area contributed by atoms with Gasteiger partial charge in [0.15, 0.2) is 58.7 Å². The Balaban J connectivity index is 0.00000304. The minimum Gasteiger partial charge on any atom is -0.370 e. The fourth-order valence-corrected chi connectivity index (χ4v) is 16.6. The molecule has 1 rings (SSSR count). The third-order valence-corrected chi connectivity index (χ3v) is 24.5. The van der Waals surface area contributed by atoms with Gasteiger partial charge in [-0.1, -0.05) is 105 Å². The van der Waals surface area contributed by atoms with Gasteiger partial charge in [-0.15, -0.1) is 0 Å². The molecule has 13 amide bonds. The molecule has 1 saturated heterocycles. The maximum Gasteiger partial charge on any atom is 0.243 e. The molecular formula is C97H177N29O19. The first-order chi connectivity index (χ1) is 68.4. The van der Waals surface area contributed by atoms with Crippen LogP contribution in [-0.4, -0.2) is 240 Å². The number of guanidine groups is 5. The summed E-state index contributed by atoms with van der Waals surface area (Å²) in [4.78, 5) is 274. The molecular weight excluding hydrogens is 1880 g/mol. The quantitative estimate of drug-likeness (QED) is 0.0205. The van der Waals surface area contributed by atoms with E-state index >= 15 is 0 Å². The summed E-state index contributed by atoms with van der Waals surface area (Å²) in [5.74, 6) is -18.6. The van der Waals surface area contributed by atoms with Crippen molar-refractivity contribution in [1.82, 2.24) is 42.1 Å². The second-order valence-corrected chi connectivity index (χ2v) is 38.5. The Morgan fingerprint density at radius 2 is 0.641 bits per heavy atom. The van der Waals surface area contributed by atoms with Crippen LogP contribution in [0.2, 0.25) is 0 Å². The summed E-state index contributed by atoms with van der Waals surface area (Å²) in [7, 11) is 0. The Bertz CT molecular complexity index is 4220. The maximum atomic E-state index is 14.7. The van der Waals surface area contributed by atoms with Gasteiger partial charge in [0.1, 0.15) is 17.9 Å². The van der Waals surface area contributed by atoms with Gasteiger partial charge in [-0.25, -0.2) is 0 Å². The van der Waals surface area contributed by atoms with Crippen LogP contribution in [0.25, 0.3) is 0 Å². The van der Waals surface area contributed by atoms with Gasteiger partial charge < -0.3 is 139 Å². The summed E-state index contributed by atoms with van der Waals surface area (Å²) >= 11 is 0. The number of aliphatic imine (C=N–C) groups is 5. The molecule has 0 saturated carbocycles. The van der Waals surface area contributed by atoms with E-state index in [1.165, 1.54) is 76.5 Å². The zero-order valence-electron chi connectivity index (χ0n) is 86.9. The second kappa shape index (κ2) is 77.0. The molecule has 39 N–H and O–H groups in total. The standard InChI is InChI=1S/C53H93N19O13.C44H84N10O6/c1-29(45(58)80)25-39(74)34(10-3-4-20-54)68-47(82)32(15-18-43(56)78)27-40(75)36(12-7-23-67-53(63)64)70-48(83)37(16-19-44(57)79)71-49(84)38-13-8-24-72(38)50(85)33(9-5-21-65-51(59)60)28-41(76)35(11-6-22-66-52(61)62)69-46(81)31(26-30(2)73)14-17-42(55)77;1-6-7-8-9-10-11-12-13-14-15-16-17-18-23-40(58)53-35(21-19-26-50-43(46)47)38(56)30-34(28-31(2)3)42(60)54-36(22-20-27-51-44(48)49)37(55)29-33(24-25-39(45)57)41(59)52-32(4)5/h29,31-38H,3-28,54H2,1-2H3,(H2,55,77)(H2,56,78)(H2,57,79)(H2,58,80)(H,68,82)(H,69,81)(H,70,83)(H,71,84)(H4,59,60,65)(H4,61,62,66)(H4,63,64,67);31-36H,6-30H2,1-5H3,(H2,45,57)(H,52,59)(H,53,58)(H,54,60)(H4,46,47,50)(H4,48,49,51)/t29-,31-,32-,33-,34+,35+,36+,37+,38+;33-,34-,35+,36+/m11/s1. The molecule has 0 unspecified atom stereocenters. The number of rotatable bonds is 84. The van der Waals surface area contributed by atoms with Crippen molar-refractivity contribution in [3.63, 3.8) is 0 Å². The number of ketones is 6. The smallest absolute Gasteiger partial charge is 0.243 e. The maximum absolute atomic E-state index is 14.7. The molecule has 1 aliphatic heterocycles. The number of nitrogens with one attached hydrogen (secondary N) is 7. The number of primary amides is 5. The highest BCUT2D eigenvalue weighted by molar-refractivity contribution is 6.00. The van der Waals surface area contributed by atoms with Gasteiger partial charge in [0.2, 0.25) is 76.8 Å². The number of unbranched alkanes of at least 4 members (excludes halogenated alkanes) is 13. The van der Waals surface area contributed by atoms with Gasteiger partial charge in [-0.05, 0) is 168 Å². The van der Waals surface area contributed by atoms with Crippen LogP contribution in [0.1, 0.15) is 331 Å². The van der Waals surface area contributed by atoms with Gasteiger partial charge in [-0.2, -0.15) is 0 Å². The van der Waals surface area contributed by atoms with E-state index in [2.05, 4.69) is 69.1 Å². The highest BCUT2D eigenvalue weighted by atomic mass is 16.2. The average molecular weight is 2050 g/mol. The predicted octanol–water partition coefficient (Wildman–Crippen LogP) is -0.639. The first-order valence-electron chi connectivity index (χ1n) is 51.4. The van der Waals surface area contributed by atoms with E-state index in [0.717, 1.165) is 25.7 Å². The van der Waals surface area contributed by atoms with Crippen LogP contribution in [-0.2, 0) is 91.1 Å². The highest BCUT2D eigenvalue weighted by Crippen LogP contribution is 2.29. The molecule has 48 nitrogen and oxygen atoms in total. The molecule has 1 heterocycles. The Morgan fingerprint density at radius 3 is 1.00 bits per heavy atom. The van der Waals surface area contributed by atoms with Crippen LogP contribution in [0.3, 0.4) is 0 Å². The number of Topliss-reactive ketones (excluding diaryl/α,β-unsaturated/α-hetero) is 6. The predicted molar refractivity (Wildman–Crippen MR) is 555 cm³/mol. The third-order valence-electron chi connectivity index (χ3n) is 24.5. The topological polar surface area (TPSA) is 890 Å². The minimum atomic E-state index is -1.57. The lowest BCUT2D eigenvalue weighted by Crippen LogP contribution is -2.56. The Kier molecular flexibility index (Phi) is 70.3. The molecule has 0 aromatic heterocycles. The fraction of sp³-hybridized carbons (Fsp3) is 0.753. The number of carbonyl (C=O) groups excluding carboxylic acids is 19. The molecule has 0 aliphatic carbocycles. The van der Waals surface area contributed by atoms with Crippen molar-refractivity contribution in [2.75, 3.05) is 45.8 Å². The van der Waals surface area contributed by atoms with Crippen molar-refractivity contribution in [3.05, 3.63) is 0 Å². The minimum absolute atomic E-state index is 0.00343. The summed E-state index contributed by atoms with van der Waals surface area (Å²) < 4.78 is 0. The lowest BCUT2D eigenvalue weighted by molar-refractivity contribution is -0.144. The molecule has 0 aromatic rings. The number of amides is 13. The molecule has 0 radical (unpaired) electrons. The van der Waals surface area contributed by atoms with E-state index in [0.29, 0.717) is 38.5 Å². The van der Waals surface area contributed by atoms with Gasteiger partial charge in [0.25, 0.3) is 0 Å². The first-order valence-corrected chi connectivity index (χ1v) is 51.4. The number of hydrogen-bond acceptors (Lipinski definition) is 25. The Hall–Kier alpha value is -12.6. The van der Waals surface area contributed by atoms with Gasteiger partial charge in [0, 0.05) is 151 Å². The second-order valence-electron chi connectivity index (χ2n) is 38.5. The third kappa shape index (κ3) is 64.7. The summed E-state index contributed by atoms with van der Waals surface area (Å²) in [5.41, 5.74) is 87.8. The number of carbonyl (C=O) groups is 19. The highest BCUT2D eigenvalue weighted by Gasteiger charge is 2.42. The molecule has 145 heavy (non-hydrogen) atoms. The van der Waals surface area contributed by atoms with Crippen molar-refractivity contribution < 1.29 is 91.1 Å². The Morgan fingerprint density at radius 1 is 0.317 bits per heavy atom. The lowest BCUT2D eigenvalue weighted by atomic mass is 9.87. The molecule has 0 spiro atoms. The average Bonchev–Trinajstić information content (AvgIpc) is 1.65. The zero-order valence-corrected chi connectivity index (χ0v) is 86.9. The van der Waals surface area contributed by atoms with Crippen molar-refractivity contribution in [2.45, 2.75) is 379 Å². The van der Waals surface area contributed by atoms with E-state index in [1.54, 1.807) is 13.8 Å². The summed E-state index contributed by atoms with van der Waals surface area (Å²) in [5, 5.41) is 19.1. The van der Waals surface area contributed by atoms with Crippen molar-refractivity contribution in [2.24, 2.45) is 158 Å². The molecule has 13 atom stereocenters. The van der Waals surface area contributed by atoms with Crippen LogP contribution in [0.4, 0.5) is 0 Å². The summed E-state index contributed by atoms with van der Waals surface area (Å²) in [6, 6.07) is -8.68. The van der Waals surface area contributed by atoms with Crippen LogP contribution >= 0.6 is 0 Å². The SMILES string of the molecule is CC(=O)C[C@@H](CCC(N)=O)C(=O)N[C@@H](CCCN=C(N)N)C(=O)C[C@@H](CCCN=C(N)N)C(=O)N1CCC[C@H]1C(=O)N[C@@H](CCC(N)=O)C(=O)N[C@@H](CCCN=C(N)N)C(=O)C[C@@H](CCC(N)=O)C(=O)N[C@@H](CCCCN)C(=O)C[C@@H](C)C(N)=O.CCCCCCCCCCCCCCCC(=O)N[C@@H](CCCN=C(N)N)C(=O)C[C@@H](CC(C)C)C(=O)N[C@@H](CCCN=C(N)N)C(=O)C[C@@H](CCC(N)=O)C(=O)NC(C)C. The van der Waals surface area contributed by atoms with Crippen molar-refractivity contribution >= 4 is 141 Å². The summed E-state index contributed by atoms with van der Waals surface area (Å²) in [6.45, 7) is 13.2. The zero-order chi connectivity index (χ0) is 110. The van der Waals surface area contributed by atoms with E-state index < -0.39 is 198 Å². The molecule has 1 aliphatic rings. The number of hydrogen-bond donors (Lipinski definition) is 23. The van der Waals surface area contributed by atoms with Gasteiger partial charge in [-0.3, -0.25) is 111 Å². The Labute approximate surface area is 853 Å². The number of nitrogens with zero attached hydrogens (tertiary/aromatic N) is 6. The van der Waals surface area contributed by atoms with Crippen LogP contribution < -0.4 is 129 Å². The largest absolute Gasteiger partial charge is 0.370 e. The molecule has 0 aromatic carbocycles. The van der Waals surface area contributed by atoms with Gasteiger partial charge >= 0.3 is 0 Å². The molecule has 1 fully saturated rings. The lowest BCUT2D eigenvalue weighted by Gasteiger charge is -2.30. The van der Waals surface area contributed by atoms with E-state index in [1.807, 2.05) is 13.8 Å². The van der Waals surface area contributed by atoms with Crippen molar-refractivity contribution in [3.8, 4) is 0 Å². The normalized spacial score (nSPS) is 14.6. The van der Waals surface area contributed by atoms with Crippen molar-refractivity contribution in [1.29, 1.82) is 0 Å². The van der Waals surface area contributed by atoms with Crippen LogP contribution in [0, 0.1) is 41.4 Å².